The molecule has 21 heavy (non-hydrogen) atoms. The van der Waals surface area contributed by atoms with Crippen LogP contribution in [0.15, 0.2) is 24.5 Å². The Bertz CT molecular complexity index is 404. The molecule has 0 radical (unpaired) electrons. The predicted octanol–water partition coefficient (Wildman–Crippen LogP) is 3.99. The van der Waals surface area contributed by atoms with E-state index in [4.69, 9.17) is 5.73 Å². The van der Waals surface area contributed by atoms with Crippen LogP contribution in [-0.4, -0.2) is 5.91 Å². The predicted molar refractivity (Wildman–Crippen MR) is 87.0 cm³/mol. The summed E-state index contributed by atoms with van der Waals surface area (Å²) in [6, 6.07) is 3.65. The lowest BCUT2D eigenvalue weighted by Crippen LogP contribution is -2.34. The second kappa shape index (κ2) is 11.3. The van der Waals surface area contributed by atoms with Gasteiger partial charge in [-0.25, -0.2) is 4.57 Å². The Morgan fingerprint density at radius 1 is 1.00 bits per heavy atom. The molecule has 0 spiro atoms. The van der Waals surface area contributed by atoms with Crippen LogP contribution in [0.2, 0.25) is 0 Å². The van der Waals surface area contributed by atoms with Gasteiger partial charge < -0.3 is 5.73 Å². The van der Waals surface area contributed by atoms with Crippen molar-refractivity contribution in [2.45, 2.75) is 77.7 Å². The van der Waals surface area contributed by atoms with Crippen LogP contribution in [0.4, 0.5) is 0 Å². The van der Waals surface area contributed by atoms with E-state index in [-0.39, 0.29) is 5.91 Å². The van der Waals surface area contributed by atoms with Gasteiger partial charge in [0, 0.05) is 12.5 Å². The molecule has 0 aliphatic heterocycles. The number of hydrogen-bond donors (Lipinski definition) is 1. The number of aromatic nitrogens is 1. The third-order valence-electron chi connectivity index (χ3n) is 3.91. The fourth-order valence-corrected chi connectivity index (χ4v) is 2.59. The van der Waals surface area contributed by atoms with Crippen LogP contribution >= 0.6 is 0 Å². The lowest BCUT2D eigenvalue weighted by atomic mass is 10.1. The first-order chi connectivity index (χ1) is 10.2. The van der Waals surface area contributed by atoms with Crippen molar-refractivity contribution in [1.82, 2.24) is 0 Å². The lowest BCUT2D eigenvalue weighted by Gasteiger charge is -2.01. The fourth-order valence-electron chi connectivity index (χ4n) is 2.59. The van der Waals surface area contributed by atoms with Crippen LogP contribution in [0.3, 0.4) is 0 Å². The average molecular weight is 291 g/mol. The molecule has 2 N–H and O–H groups in total. The number of nitrogens with zero attached hydrogens (tertiary/aromatic N) is 1. The van der Waals surface area contributed by atoms with Crippen LogP contribution < -0.4 is 10.3 Å². The van der Waals surface area contributed by atoms with E-state index in [0.717, 1.165) is 6.54 Å². The summed E-state index contributed by atoms with van der Waals surface area (Å²) in [6.07, 6.45) is 17.3. The quantitative estimate of drug-likeness (QED) is 0.459. The smallest absolute Gasteiger partial charge is 0.254 e. The molecule has 0 saturated carbocycles. The van der Waals surface area contributed by atoms with Gasteiger partial charge in [-0.2, -0.15) is 0 Å². The minimum atomic E-state index is -0.354. The number of carbonyl (C=O) groups excluding carboxylic acids is 1. The average Bonchev–Trinajstić information content (AvgIpc) is 2.49. The fraction of sp³-hybridized carbons (Fsp3) is 0.667. The summed E-state index contributed by atoms with van der Waals surface area (Å²) in [4.78, 5) is 11.1. The Balaban J connectivity index is 2.01. The summed E-state index contributed by atoms with van der Waals surface area (Å²) >= 11 is 0. The number of nitrogens with two attached hydrogens (primary N) is 1. The van der Waals surface area contributed by atoms with Crippen LogP contribution in [-0.2, 0) is 6.54 Å². The van der Waals surface area contributed by atoms with Crippen molar-refractivity contribution in [3.63, 3.8) is 0 Å². The number of pyridine rings is 1. The zero-order valence-electron chi connectivity index (χ0n) is 13.5. The van der Waals surface area contributed by atoms with Crippen molar-refractivity contribution in [1.29, 1.82) is 0 Å². The first kappa shape index (κ1) is 17.7. The van der Waals surface area contributed by atoms with Gasteiger partial charge in [0.05, 0.1) is 0 Å². The largest absolute Gasteiger partial charge is 0.365 e. The number of unbranched alkanes of at least 4 members (excludes halogenated alkanes) is 9. The molecule has 118 valence electrons. The molecule has 0 atom stereocenters. The van der Waals surface area contributed by atoms with E-state index in [1.165, 1.54) is 64.2 Å². The summed E-state index contributed by atoms with van der Waals surface area (Å²) in [5, 5.41) is 0. The molecule has 1 aromatic heterocycles. The zero-order valence-corrected chi connectivity index (χ0v) is 13.5. The van der Waals surface area contributed by atoms with Gasteiger partial charge >= 0.3 is 0 Å². The molecule has 0 aliphatic rings. The molecular formula is C18H31N2O+. The summed E-state index contributed by atoms with van der Waals surface area (Å²) in [6.45, 7) is 3.23. The molecule has 1 heterocycles. The van der Waals surface area contributed by atoms with Crippen molar-refractivity contribution in [2.24, 2.45) is 5.73 Å². The van der Waals surface area contributed by atoms with Crippen LogP contribution in [0, 0.1) is 0 Å². The number of amides is 1. The van der Waals surface area contributed by atoms with Crippen LogP contribution in [0.1, 0.15) is 81.5 Å². The molecule has 0 aromatic carbocycles. The highest BCUT2D eigenvalue weighted by Crippen LogP contribution is 2.10. The van der Waals surface area contributed by atoms with Gasteiger partial charge in [-0.15, -0.1) is 0 Å². The van der Waals surface area contributed by atoms with E-state index in [0.29, 0.717) is 5.56 Å². The SMILES string of the molecule is CCCCCCCCCCCC[n+]1cccc(C(N)=O)c1. The molecule has 0 aliphatic carbocycles. The summed E-state index contributed by atoms with van der Waals surface area (Å²) in [5.74, 6) is -0.354. The first-order valence-electron chi connectivity index (χ1n) is 8.53. The van der Waals surface area contributed by atoms with E-state index >= 15 is 0 Å². The van der Waals surface area contributed by atoms with Gasteiger partial charge in [-0.05, 0) is 12.5 Å². The van der Waals surface area contributed by atoms with Gasteiger partial charge in [-0.3, -0.25) is 4.79 Å². The van der Waals surface area contributed by atoms with Gasteiger partial charge in [-0.1, -0.05) is 58.3 Å². The monoisotopic (exact) mass is 291 g/mol. The molecule has 0 bridgehead atoms. The summed E-state index contributed by atoms with van der Waals surface area (Å²) < 4.78 is 2.06. The number of hydrogen-bond acceptors (Lipinski definition) is 1. The standard InChI is InChI=1S/C18H30N2O/c1-2-3-4-5-6-7-8-9-10-11-14-20-15-12-13-17(16-20)18(19)21/h12-13,15-16H,2-11,14H2,1H3,(H-,19,21)/p+1. The van der Waals surface area contributed by atoms with Crippen molar-refractivity contribution in [2.75, 3.05) is 0 Å². The Morgan fingerprint density at radius 2 is 1.57 bits per heavy atom. The minimum absolute atomic E-state index is 0.354. The normalized spacial score (nSPS) is 10.7. The zero-order chi connectivity index (χ0) is 15.3. The van der Waals surface area contributed by atoms with E-state index in [1.54, 1.807) is 6.07 Å². The van der Waals surface area contributed by atoms with Crippen molar-refractivity contribution in [3.05, 3.63) is 30.1 Å². The van der Waals surface area contributed by atoms with Crippen LogP contribution in [0.5, 0.6) is 0 Å². The second-order valence-electron chi connectivity index (χ2n) is 5.88. The number of aryl methyl sites for hydroxylation is 1. The maximum atomic E-state index is 11.1. The number of rotatable bonds is 12. The number of primary amides is 1. The van der Waals surface area contributed by atoms with Crippen LogP contribution in [0.25, 0.3) is 0 Å². The molecule has 1 aromatic rings. The van der Waals surface area contributed by atoms with E-state index in [1.807, 2.05) is 18.5 Å². The molecule has 0 saturated heterocycles. The van der Waals surface area contributed by atoms with Gasteiger partial charge in [0.1, 0.15) is 12.1 Å². The lowest BCUT2D eigenvalue weighted by molar-refractivity contribution is -0.697. The topological polar surface area (TPSA) is 47.0 Å². The minimum Gasteiger partial charge on any atom is -0.365 e. The first-order valence-corrected chi connectivity index (χ1v) is 8.53. The second-order valence-corrected chi connectivity index (χ2v) is 5.88. The highest BCUT2D eigenvalue weighted by atomic mass is 16.1. The molecular weight excluding hydrogens is 260 g/mol. The van der Waals surface area contributed by atoms with Gasteiger partial charge in [0.2, 0.25) is 0 Å². The highest BCUT2D eigenvalue weighted by molar-refractivity contribution is 5.92. The van der Waals surface area contributed by atoms with E-state index in [9.17, 15) is 4.79 Å². The van der Waals surface area contributed by atoms with Gasteiger partial charge in [0.25, 0.3) is 5.91 Å². The Kier molecular flexibility index (Phi) is 9.51. The summed E-state index contributed by atoms with van der Waals surface area (Å²) in [5.41, 5.74) is 5.87. The van der Waals surface area contributed by atoms with Crippen molar-refractivity contribution >= 4 is 5.91 Å². The van der Waals surface area contributed by atoms with Gasteiger partial charge in [0.15, 0.2) is 12.4 Å². The molecule has 3 heteroatoms. The molecule has 0 fully saturated rings. The van der Waals surface area contributed by atoms with Crippen molar-refractivity contribution in [3.8, 4) is 0 Å². The third kappa shape index (κ3) is 8.49. The Hall–Kier alpha value is -1.38. The molecule has 0 unspecified atom stereocenters. The Morgan fingerprint density at radius 3 is 2.14 bits per heavy atom. The van der Waals surface area contributed by atoms with Crippen molar-refractivity contribution < 1.29 is 9.36 Å². The Labute approximate surface area is 129 Å². The van der Waals surface area contributed by atoms with E-state index in [2.05, 4.69) is 11.5 Å². The third-order valence-corrected chi connectivity index (χ3v) is 3.91. The summed E-state index contributed by atoms with van der Waals surface area (Å²) in [7, 11) is 0. The highest BCUT2D eigenvalue weighted by Gasteiger charge is 2.06. The van der Waals surface area contributed by atoms with E-state index < -0.39 is 0 Å². The maximum absolute atomic E-state index is 11.1. The molecule has 3 nitrogen and oxygen atoms in total. The molecule has 1 rings (SSSR count). The number of carbonyl (C=O) groups is 1. The molecule has 1 amide bonds. The maximum Gasteiger partial charge on any atom is 0.254 e.